The van der Waals surface area contributed by atoms with E-state index < -0.39 is 10.0 Å². The van der Waals surface area contributed by atoms with Crippen LogP contribution in [-0.4, -0.2) is 65.0 Å². The molecule has 10 heteroatoms. The molecule has 2 N–H and O–H groups in total. The summed E-state index contributed by atoms with van der Waals surface area (Å²) in [6, 6.07) is 4.39. The molecule has 0 atom stereocenters. The molecule has 1 aromatic carbocycles. The van der Waals surface area contributed by atoms with Gasteiger partial charge in [-0.05, 0) is 38.8 Å². The van der Waals surface area contributed by atoms with Gasteiger partial charge >= 0.3 is 0 Å². The Balaban J connectivity index is 1.84. The third-order valence-corrected chi connectivity index (χ3v) is 6.40. The number of benzene rings is 1. The summed E-state index contributed by atoms with van der Waals surface area (Å²) >= 11 is 0. The normalized spacial score (nSPS) is 15.2. The second-order valence-corrected chi connectivity index (χ2v) is 9.25. The van der Waals surface area contributed by atoms with Gasteiger partial charge in [-0.3, -0.25) is 9.59 Å². The van der Waals surface area contributed by atoms with E-state index in [0.717, 1.165) is 0 Å². The predicted octanol–water partition coefficient (Wildman–Crippen LogP) is 1.14. The second-order valence-electron chi connectivity index (χ2n) is 7.48. The molecule has 0 spiro atoms. The topological polar surface area (TPSA) is 114 Å². The first-order valence-electron chi connectivity index (χ1n) is 9.97. The average molecular weight is 442 g/mol. The number of nitrogens with zero attached hydrogens (tertiary/aromatic N) is 1. The summed E-state index contributed by atoms with van der Waals surface area (Å²) in [5.74, 6) is 0.547. The lowest BCUT2D eigenvalue weighted by Crippen LogP contribution is -2.44. The smallest absolute Gasteiger partial charge is 0.240 e. The van der Waals surface area contributed by atoms with Gasteiger partial charge < -0.3 is 19.7 Å². The van der Waals surface area contributed by atoms with E-state index in [1.54, 1.807) is 4.90 Å². The summed E-state index contributed by atoms with van der Waals surface area (Å²) in [6.45, 7) is 4.82. The third kappa shape index (κ3) is 6.33. The van der Waals surface area contributed by atoms with Crippen molar-refractivity contribution in [3.05, 3.63) is 18.2 Å². The van der Waals surface area contributed by atoms with Crippen molar-refractivity contribution in [2.24, 2.45) is 5.92 Å². The molecule has 0 unspecified atom stereocenters. The first kappa shape index (κ1) is 23.9. The van der Waals surface area contributed by atoms with Gasteiger partial charge in [-0.15, -0.1) is 0 Å². The van der Waals surface area contributed by atoms with E-state index in [1.807, 2.05) is 13.8 Å². The van der Waals surface area contributed by atoms with Gasteiger partial charge in [0.25, 0.3) is 0 Å². The monoisotopic (exact) mass is 441 g/mol. The van der Waals surface area contributed by atoms with Gasteiger partial charge in [0.1, 0.15) is 0 Å². The van der Waals surface area contributed by atoms with Crippen LogP contribution < -0.4 is 19.5 Å². The molecule has 168 valence electrons. The van der Waals surface area contributed by atoms with Crippen molar-refractivity contribution in [2.45, 2.75) is 44.0 Å². The van der Waals surface area contributed by atoms with Crippen LogP contribution in [0.3, 0.4) is 0 Å². The number of carbonyl (C=O) groups is 2. The number of amides is 2. The van der Waals surface area contributed by atoms with Crippen molar-refractivity contribution in [1.82, 2.24) is 14.9 Å². The second kappa shape index (κ2) is 10.6. The standard InChI is InChI=1S/C20H31N3O6S/c1-14(2)22-20(25)15-8-11-23(12-9-15)19(24)7-10-21-30(26,27)16-5-6-17(28-3)18(13-16)29-4/h5-6,13-15,21H,7-12H2,1-4H3,(H,22,25). The van der Waals surface area contributed by atoms with Crippen LogP contribution in [0.2, 0.25) is 0 Å². The van der Waals surface area contributed by atoms with Crippen LogP contribution in [0, 0.1) is 5.92 Å². The highest BCUT2D eigenvalue weighted by molar-refractivity contribution is 7.89. The number of nitrogens with one attached hydrogen (secondary N) is 2. The molecular weight excluding hydrogens is 410 g/mol. The quantitative estimate of drug-likeness (QED) is 0.594. The Morgan fingerprint density at radius 2 is 1.77 bits per heavy atom. The average Bonchev–Trinajstić information content (AvgIpc) is 2.72. The third-order valence-electron chi connectivity index (χ3n) is 4.95. The minimum absolute atomic E-state index is 0.0106. The van der Waals surface area contributed by atoms with Crippen molar-refractivity contribution in [2.75, 3.05) is 33.9 Å². The van der Waals surface area contributed by atoms with E-state index >= 15 is 0 Å². The van der Waals surface area contributed by atoms with Crippen molar-refractivity contribution >= 4 is 21.8 Å². The predicted molar refractivity (Wildman–Crippen MR) is 112 cm³/mol. The molecule has 0 aromatic heterocycles. The summed E-state index contributed by atoms with van der Waals surface area (Å²) in [6.07, 6.45) is 1.28. The van der Waals surface area contributed by atoms with Gasteiger partial charge in [0, 0.05) is 44.1 Å². The zero-order chi connectivity index (χ0) is 22.3. The molecule has 2 amide bonds. The Hall–Kier alpha value is -2.33. The molecule has 1 fully saturated rings. The molecule has 1 aliphatic heterocycles. The fraction of sp³-hybridized carbons (Fsp3) is 0.600. The number of carbonyl (C=O) groups excluding carboxylic acids is 2. The largest absolute Gasteiger partial charge is 0.493 e. The molecule has 2 rings (SSSR count). The summed E-state index contributed by atoms with van der Waals surface area (Å²) < 4.78 is 37.7. The van der Waals surface area contributed by atoms with E-state index in [-0.39, 0.29) is 41.6 Å². The SMILES string of the molecule is COc1ccc(S(=O)(=O)NCCC(=O)N2CCC(C(=O)NC(C)C)CC2)cc1OC. The molecule has 9 nitrogen and oxygen atoms in total. The van der Waals surface area contributed by atoms with E-state index in [2.05, 4.69) is 10.0 Å². The number of hydrogen-bond donors (Lipinski definition) is 2. The Morgan fingerprint density at radius 3 is 2.33 bits per heavy atom. The number of sulfonamides is 1. The molecule has 0 radical (unpaired) electrons. The fourth-order valence-corrected chi connectivity index (χ4v) is 4.36. The zero-order valence-electron chi connectivity index (χ0n) is 17.9. The number of ether oxygens (including phenoxy) is 2. The highest BCUT2D eigenvalue weighted by Crippen LogP contribution is 2.29. The maximum atomic E-state index is 12.5. The molecular formula is C20H31N3O6S. The van der Waals surface area contributed by atoms with Crippen molar-refractivity contribution in [3.63, 3.8) is 0 Å². The van der Waals surface area contributed by atoms with E-state index in [4.69, 9.17) is 9.47 Å². The lowest BCUT2D eigenvalue weighted by atomic mass is 9.95. The van der Waals surface area contributed by atoms with E-state index in [0.29, 0.717) is 37.4 Å². The Kier molecular flexibility index (Phi) is 8.48. The minimum Gasteiger partial charge on any atom is -0.493 e. The Bertz CT molecular complexity index is 848. The van der Waals surface area contributed by atoms with Gasteiger partial charge in [-0.1, -0.05) is 0 Å². The van der Waals surface area contributed by atoms with Gasteiger partial charge in [-0.2, -0.15) is 0 Å². The van der Waals surface area contributed by atoms with Crippen LogP contribution in [0.1, 0.15) is 33.1 Å². The Morgan fingerprint density at radius 1 is 1.13 bits per heavy atom. The molecule has 1 saturated heterocycles. The van der Waals surface area contributed by atoms with E-state index in [9.17, 15) is 18.0 Å². The number of methoxy groups -OCH3 is 2. The zero-order valence-corrected chi connectivity index (χ0v) is 18.8. The molecule has 1 aromatic rings. The first-order chi connectivity index (χ1) is 14.2. The molecule has 30 heavy (non-hydrogen) atoms. The summed E-state index contributed by atoms with van der Waals surface area (Å²) in [7, 11) is -0.891. The maximum absolute atomic E-state index is 12.5. The van der Waals surface area contributed by atoms with Gasteiger partial charge in [0.05, 0.1) is 19.1 Å². The van der Waals surface area contributed by atoms with Crippen LogP contribution >= 0.6 is 0 Å². The van der Waals surface area contributed by atoms with Crippen LogP contribution in [-0.2, 0) is 19.6 Å². The van der Waals surface area contributed by atoms with Crippen LogP contribution in [0.5, 0.6) is 11.5 Å². The highest BCUT2D eigenvalue weighted by Gasteiger charge is 2.27. The summed E-state index contributed by atoms with van der Waals surface area (Å²) in [5.41, 5.74) is 0. The Labute approximate surface area is 178 Å². The van der Waals surface area contributed by atoms with Crippen LogP contribution in [0.4, 0.5) is 0 Å². The van der Waals surface area contributed by atoms with Gasteiger partial charge in [0.2, 0.25) is 21.8 Å². The summed E-state index contributed by atoms with van der Waals surface area (Å²) in [4.78, 5) is 26.2. The number of rotatable bonds is 9. The van der Waals surface area contributed by atoms with Crippen LogP contribution in [0.25, 0.3) is 0 Å². The fourth-order valence-electron chi connectivity index (χ4n) is 3.31. The van der Waals surface area contributed by atoms with Gasteiger partial charge in [0.15, 0.2) is 11.5 Å². The van der Waals surface area contributed by atoms with Crippen molar-refractivity contribution < 1.29 is 27.5 Å². The van der Waals surface area contributed by atoms with Crippen LogP contribution in [0.15, 0.2) is 23.1 Å². The van der Waals surface area contributed by atoms with Crippen molar-refractivity contribution in [1.29, 1.82) is 0 Å². The maximum Gasteiger partial charge on any atom is 0.240 e. The highest BCUT2D eigenvalue weighted by atomic mass is 32.2. The molecule has 0 aliphatic carbocycles. The molecule has 0 saturated carbocycles. The number of hydrogen-bond acceptors (Lipinski definition) is 6. The lowest BCUT2D eigenvalue weighted by Gasteiger charge is -2.31. The molecule has 0 bridgehead atoms. The van der Waals surface area contributed by atoms with Crippen molar-refractivity contribution in [3.8, 4) is 11.5 Å². The van der Waals surface area contributed by atoms with E-state index in [1.165, 1.54) is 32.4 Å². The first-order valence-corrected chi connectivity index (χ1v) is 11.5. The summed E-state index contributed by atoms with van der Waals surface area (Å²) in [5, 5.41) is 2.90. The lowest BCUT2D eigenvalue weighted by molar-refractivity contribution is -0.135. The molecule has 1 aliphatic rings. The number of piperidine rings is 1. The van der Waals surface area contributed by atoms with Gasteiger partial charge in [-0.25, -0.2) is 13.1 Å². The molecule has 1 heterocycles. The minimum atomic E-state index is -3.79. The number of likely N-dealkylation sites (tertiary alicyclic amines) is 1.